The van der Waals surface area contributed by atoms with E-state index in [2.05, 4.69) is 42.1 Å². The van der Waals surface area contributed by atoms with Crippen molar-refractivity contribution < 1.29 is 0 Å². The van der Waals surface area contributed by atoms with E-state index in [0.29, 0.717) is 0 Å². The first-order valence-corrected chi connectivity index (χ1v) is 5.18. The van der Waals surface area contributed by atoms with Crippen molar-refractivity contribution in [1.29, 1.82) is 0 Å². The summed E-state index contributed by atoms with van der Waals surface area (Å²) in [5.41, 5.74) is 2.71. The molecule has 2 rings (SSSR count). The van der Waals surface area contributed by atoms with Crippen molar-refractivity contribution in [2.24, 2.45) is 0 Å². The number of hydrogen-bond donors (Lipinski definition) is 0. The molecule has 2 heteroatoms. The second-order valence-corrected chi connectivity index (χ2v) is 3.70. The van der Waals surface area contributed by atoms with E-state index in [1.54, 1.807) is 0 Å². The second kappa shape index (κ2) is 3.82. The van der Waals surface area contributed by atoms with Gasteiger partial charge in [0.15, 0.2) is 0 Å². The average Bonchev–Trinajstić information content (AvgIpc) is 2.27. The second-order valence-electron chi connectivity index (χ2n) is 3.70. The van der Waals surface area contributed by atoms with Crippen LogP contribution in [0.1, 0.15) is 24.5 Å². The van der Waals surface area contributed by atoms with Crippen molar-refractivity contribution in [2.75, 3.05) is 18.5 Å². The first kappa shape index (κ1) is 9.25. The molecule has 0 saturated carbocycles. The van der Waals surface area contributed by atoms with E-state index in [1.807, 2.05) is 6.20 Å². The summed E-state index contributed by atoms with van der Waals surface area (Å²) in [7, 11) is 2.08. The third kappa shape index (κ3) is 1.65. The number of aryl methyl sites for hydroxylation is 1. The lowest BCUT2D eigenvalue weighted by Crippen LogP contribution is -2.17. The number of fused-ring (bicyclic) bond motifs is 1. The Balaban J connectivity index is 2.34. The third-order valence-electron chi connectivity index (χ3n) is 2.75. The largest absolute Gasteiger partial charge is 0.360 e. The number of aromatic nitrogens is 1. The summed E-state index contributed by atoms with van der Waals surface area (Å²) < 4.78 is 0. The van der Waals surface area contributed by atoms with Crippen LogP contribution in [0.2, 0.25) is 0 Å². The molecule has 1 heterocycles. The van der Waals surface area contributed by atoms with Crippen LogP contribution in [0.4, 0.5) is 5.82 Å². The van der Waals surface area contributed by atoms with E-state index < -0.39 is 0 Å². The zero-order valence-corrected chi connectivity index (χ0v) is 8.83. The van der Waals surface area contributed by atoms with Gasteiger partial charge in [0, 0.05) is 19.8 Å². The first-order chi connectivity index (χ1) is 6.81. The van der Waals surface area contributed by atoms with Crippen LogP contribution < -0.4 is 4.90 Å². The number of hydrogen-bond acceptors (Lipinski definition) is 2. The monoisotopic (exact) mass is 188 g/mol. The van der Waals surface area contributed by atoms with E-state index >= 15 is 0 Å². The van der Waals surface area contributed by atoms with E-state index in [0.717, 1.165) is 25.2 Å². The number of allylic oxidation sites excluding steroid dienone is 1. The van der Waals surface area contributed by atoms with Gasteiger partial charge in [-0.3, -0.25) is 0 Å². The highest BCUT2D eigenvalue weighted by atomic mass is 15.1. The van der Waals surface area contributed by atoms with Gasteiger partial charge in [-0.15, -0.1) is 0 Å². The van der Waals surface area contributed by atoms with E-state index in [4.69, 9.17) is 0 Å². The highest BCUT2D eigenvalue weighted by Crippen LogP contribution is 2.21. The van der Waals surface area contributed by atoms with Crippen LogP contribution in [0.25, 0.3) is 6.08 Å². The van der Waals surface area contributed by atoms with E-state index in [9.17, 15) is 0 Å². The Morgan fingerprint density at radius 1 is 1.50 bits per heavy atom. The SMILES string of the molecule is CCN(C)c1cc2c(cn1)C=CCC2. The average molecular weight is 188 g/mol. The number of nitrogens with zero attached hydrogens (tertiary/aromatic N) is 2. The fourth-order valence-corrected chi connectivity index (χ4v) is 1.68. The summed E-state index contributed by atoms with van der Waals surface area (Å²) in [5, 5.41) is 0. The first-order valence-electron chi connectivity index (χ1n) is 5.18. The lowest BCUT2D eigenvalue weighted by atomic mass is 9.99. The molecule has 0 aliphatic heterocycles. The zero-order chi connectivity index (χ0) is 9.97. The van der Waals surface area contributed by atoms with Gasteiger partial charge in [0.1, 0.15) is 5.82 Å². The molecule has 0 unspecified atom stereocenters. The molecule has 0 aromatic carbocycles. The molecule has 0 spiro atoms. The highest BCUT2D eigenvalue weighted by Gasteiger charge is 2.07. The molecule has 0 saturated heterocycles. The predicted octanol–water partition coefficient (Wildman–Crippen LogP) is 2.50. The van der Waals surface area contributed by atoms with Gasteiger partial charge in [-0.05, 0) is 37.0 Å². The number of rotatable bonds is 2. The minimum absolute atomic E-state index is 1.00. The van der Waals surface area contributed by atoms with Crippen molar-refractivity contribution in [3.8, 4) is 0 Å². The third-order valence-corrected chi connectivity index (χ3v) is 2.75. The van der Waals surface area contributed by atoms with Gasteiger partial charge in [0.05, 0.1) is 0 Å². The van der Waals surface area contributed by atoms with E-state index in [-0.39, 0.29) is 0 Å². The van der Waals surface area contributed by atoms with Gasteiger partial charge in [-0.1, -0.05) is 12.2 Å². The molecule has 14 heavy (non-hydrogen) atoms. The Kier molecular flexibility index (Phi) is 2.53. The molecule has 1 aliphatic rings. The quantitative estimate of drug-likeness (QED) is 0.709. The van der Waals surface area contributed by atoms with Gasteiger partial charge in [0.2, 0.25) is 0 Å². The van der Waals surface area contributed by atoms with Crippen LogP contribution in [0, 0.1) is 0 Å². The van der Waals surface area contributed by atoms with Gasteiger partial charge in [0.25, 0.3) is 0 Å². The molecule has 1 aromatic heterocycles. The minimum atomic E-state index is 1.00. The van der Waals surface area contributed by atoms with Gasteiger partial charge < -0.3 is 4.90 Å². The van der Waals surface area contributed by atoms with Crippen LogP contribution in [0.5, 0.6) is 0 Å². The summed E-state index contributed by atoms with van der Waals surface area (Å²) in [6.45, 7) is 3.14. The molecular formula is C12H16N2. The van der Waals surface area contributed by atoms with Crippen LogP contribution in [0.3, 0.4) is 0 Å². The molecular weight excluding hydrogens is 172 g/mol. The summed E-state index contributed by atoms with van der Waals surface area (Å²) in [6.07, 6.45) is 8.67. The number of anilines is 1. The maximum absolute atomic E-state index is 4.44. The summed E-state index contributed by atoms with van der Waals surface area (Å²) in [5.74, 6) is 1.08. The lowest BCUT2D eigenvalue weighted by molar-refractivity contribution is 0.918. The zero-order valence-electron chi connectivity index (χ0n) is 8.83. The Morgan fingerprint density at radius 2 is 2.36 bits per heavy atom. The molecule has 0 N–H and O–H groups in total. The normalized spacial score (nSPS) is 13.9. The lowest BCUT2D eigenvalue weighted by Gasteiger charge is -2.18. The standard InChI is InChI=1S/C12H16N2/c1-3-14(2)12-8-10-6-4-5-7-11(10)9-13-12/h5,7-9H,3-4,6H2,1-2H3. The Labute approximate surface area is 85.3 Å². The molecule has 0 amide bonds. The smallest absolute Gasteiger partial charge is 0.128 e. The fraction of sp³-hybridized carbons (Fsp3) is 0.417. The molecule has 0 radical (unpaired) electrons. The van der Waals surface area contributed by atoms with Crippen molar-refractivity contribution in [2.45, 2.75) is 19.8 Å². The van der Waals surface area contributed by atoms with Crippen molar-refractivity contribution in [1.82, 2.24) is 4.98 Å². The Morgan fingerprint density at radius 3 is 3.14 bits per heavy atom. The van der Waals surface area contributed by atoms with Crippen LogP contribution in [-0.2, 0) is 6.42 Å². The fourth-order valence-electron chi connectivity index (χ4n) is 1.68. The van der Waals surface area contributed by atoms with Gasteiger partial charge >= 0.3 is 0 Å². The predicted molar refractivity (Wildman–Crippen MR) is 60.5 cm³/mol. The van der Waals surface area contributed by atoms with Gasteiger partial charge in [-0.25, -0.2) is 4.98 Å². The van der Waals surface area contributed by atoms with Gasteiger partial charge in [-0.2, -0.15) is 0 Å². The molecule has 1 aliphatic carbocycles. The molecule has 2 nitrogen and oxygen atoms in total. The minimum Gasteiger partial charge on any atom is -0.360 e. The summed E-state index contributed by atoms with van der Waals surface area (Å²) in [6, 6.07) is 2.21. The maximum atomic E-state index is 4.44. The highest BCUT2D eigenvalue weighted by molar-refractivity contribution is 5.58. The number of pyridine rings is 1. The van der Waals surface area contributed by atoms with Crippen molar-refractivity contribution in [3.05, 3.63) is 29.5 Å². The summed E-state index contributed by atoms with van der Waals surface area (Å²) in [4.78, 5) is 6.60. The molecule has 0 fully saturated rings. The molecule has 74 valence electrons. The van der Waals surface area contributed by atoms with Crippen LogP contribution >= 0.6 is 0 Å². The topological polar surface area (TPSA) is 16.1 Å². The Hall–Kier alpha value is -1.31. The maximum Gasteiger partial charge on any atom is 0.128 e. The molecule has 0 bridgehead atoms. The molecule has 0 atom stereocenters. The summed E-state index contributed by atoms with van der Waals surface area (Å²) >= 11 is 0. The molecule has 1 aromatic rings. The van der Waals surface area contributed by atoms with Crippen molar-refractivity contribution >= 4 is 11.9 Å². The Bertz CT molecular complexity index is 355. The van der Waals surface area contributed by atoms with Crippen LogP contribution in [-0.4, -0.2) is 18.6 Å². The van der Waals surface area contributed by atoms with Crippen LogP contribution in [0.15, 0.2) is 18.3 Å². The van der Waals surface area contributed by atoms with Crippen molar-refractivity contribution in [3.63, 3.8) is 0 Å². The van der Waals surface area contributed by atoms with E-state index in [1.165, 1.54) is 11.1 Å².